The molecule has 0 N–H and O–H groups in total. The Balaban J connectivity index is 0.891. The third kappa shape index (κ3) is 8.08. The van der Waals surface area contributed by atoms with Gasteiger partial charge in [0.2, 0.25) is 0 Å². The van der Waals surface area contributed by atoms with Crippen molar-refractivity contribution in [1.82, 2.24) is 9.13 Å². The third-order valence-corrected chi connectivity index (χ3v) is 19.6. The quantitative estimate of drug-likeness (QED) is 0.142. The maximum atomic E-state index is 9.68. The smallest absolute Gasteiger partial charge is 0.256 e. The molecule has 0 unspecified atom stereocenters. The number of nitrogens with zero attached hydrogens (tertiary/aromatic N) is 4. The van der Waals surface area contributed by atoms with Gasteiger partial charge >= 0.3 is 0 Å². The van der Waals surface area contributed by atoms with Crippen LogP contribution in [0.1, 0.15) is 35.9 Å². The Labute approximate surface area is 551 Å². The van der Waals surface area contributed by atoms with E-state index in [0.29, 0.717) is 17.2 Å². The average molecular weight is 1200 g/mol. The summed E-state index contributed by atoms with van der Waals surface area (Å²) in [6.07, 6.45) is 0. The molecule has 2 aromatic heterocycles. The van der Waals surface area contributed by atoms with Crippen LogP contribution in [0.15, 0.2) is 321 Å². The molecule has 19 rings (SSSR count). The molecule has 3 aliphatic heterocycles. The first-order valence-electron chi connectivity index (χ1n) is 35.6. The molecule has 0 saturated carbocycles. The maximum Gasteiger partial charge on any atom is 0.256 e. The van der Waals surface area contributed by atoms with E-state index in [1.54, 1.807) is 4.57 Å². The Morgan fingerprint density at radius 1 is 0.333 bits per heavy atom. The van der Waals surface area contributed by atoms with Gasteiger partial charge in [-0.3, -0.25) is 0 Å². The van der Waals surface area contributed by atoms with Crippen LogP contribution in [0.4, 0.5) is 34.1 Å². The largest absolute Gasteiger partial charge is 0.458 e. The van der Waals surface area contributed by atoms with Crippen LogP contribution in [0, 0.1) is 0 Å². The van der Waals surface area contributed by atoms with Gasteiger partial charge < -0.3 is 23.7 Å². The van der Waals surface area contributed by atoms with Gasteiger partial charge in [-0.25, -0.2) is 0 Å². The highest BCUT2D eigenvalue weighted by atomic mass is 16.5. The van der Waals surface area contributed by atoms with Gasteiger partial charge in [0.1, 0.15) is 11.5 Å². The highest BCUT2D eigenvalue weighted by Gasteiger charge is 2.44. The van der Waals surface area contributed by atoms with Crippen molar-refractivity contribution in [3.63, 3.8) is 0 Å². The van der Waals surface area contributed by atoms with Crippen LogP contribution in [0.3, 0.4) is 0 Å². The van der Waals surface area contributed by atoms with Crippen LogP contribution in [0.2, 0.25) is 0 Å². The number of anilines is 6. The zero-order chi connectivity index (χ0) is 68.4. The van der Waals surface area contributed by atoms with Crippen molar-refractivity contribution in [3.05, 3.63) is 332 Å². The van der Waals surface area contributed by atoms with Crippen molar-refractivity contribution in [2.24, 2.45) is 0 Å². The Kier molecular flexibility index (Phi) is 10.1. The van der Waals surface area contributed by atoms with Gasteiger partial charge in [0.25, 0.3) is 6.71 Å². The van der Waals surface area contributed by atoms with E-state index in [0.717, 1.165) is 117 Å². The summed E-state index contributed by atoms with van der Waals surface area (Å²) in [6, 6.07) is 92.6. The zero-order valence-corrected chi connectivity index (χ0v) is 50.8. The standard InChI is InChI=1S/C87H59BN4O/c1-87(2)71-35-16-21-40-79(71)90(62-27-10-5-11-28-62)80-50-44-59(51-72(80)87)61-52-82-85-84(54-61)93-83-53-60(56-41-45-63(46-42-56)89-75-36-17-12-29-67(75)68-30-13-18-37-76(68)89)43-48-74(83)88(85)73-49-47-64(91-77-38-19-14-31-69(77)70-32-15-20-39-78(70)91)55-81(73)92(82)86-65(57-23-6-3-7-24-57)33-22-34-66(86)58-25-8-4-9-26-58/h3-55H,1-2H3/i14D,15D,19D,20D,31D,32D,38D,39D. The van der Waals surface area contributed by atoms with Gasteiger partial charge in [0, 0.05) is 66.5 Å². The molecule has 0 atom stereocenters. The molecule has 5 nitrogen and oxygen atoms in total. The first-order chi connectivity index (χ1) is 49.2. The maximum absolute atomic E-state index is 9.68. The number of aromatic nitrogens is 2. The van der Waals surface area contributed by atoms with Crippen molar-refractivity contribution in [2.75, 3.05) is 9.80 Å². The molecule has 0 saturated heterocycles. The first-order valence-corrected chi connectivity index (χ1v) is 31.6. The minimum Gasteiger partial charge on any atom is -0.458 e. The second kappa shape index (κ2) is 20.6. The average Bonchev–Trinajstić information content (AvgIpc) is 1.63. The summed E-state index contributed by atoms with van der Waals surface area (Å²) in [4.78, 5) is 4.71. The van der Waals surface area contributed by atoms with Crippen LogP contribution in [-0.2, 0) is 5.41 Å². The molecule has 0 bridgehead atoms. The van der Waals surface area contributed by atoms with Gasteiger partial charge in [-0.2, -0.15) is 0 Å². The molecule has 93 heavy (non-hydrogen) atoms. The van der Waals surface area contributed by atoms with E-state index in [1.165, 1.54) is 16.3 Å². The third-order valence-electron chi connectivity index (χ3n) is 19.6. The predicted octanol–water partition coefficient (Wildman–Crippen LogP) is 21.1. The fourth-order valence-corrected chi connectivity index (χ4v) is 15.4. The molecule has 0 amide bonds. The van der Waals surface area contributed by atoms with Gasteiger partial charge in [0.05, 0.1) is 50.1 Å². The molecule has 5 heterocycles. The van der Waals surface area contributed by atoms with E-state index in [-0.39, 0.29) is 33.9 Å². The second-order valence-electron chi connectivity index (χ2n) is 25.0. The normalized spacial score (nSPS) is 14.6. The molecule has 0 spiro atoms. The van der Waals surface area contributed by atoms with Crippen LogP contribution in [0.25, 0.3) is 99.5 Å². The monoisotopic (exact) mass is 1190 g/mol. The van der Waals surface area contributed by atoms with Gasteiger partial charge in [0.15, 0.2) is 0 Å². The van der Waals surface area contributed by atoms with Crippen LogP contribution in [0.5, 0.6) is 11.5 Å². The van der Waals surface area contributed by atoms with Gasteiger partial charge in [-0.15, -0.1) is 0 Å². The number of fused-ring (bicyclic) bond motifs is 12. The molecule has 6 heteroatoms. The van der Waals surface area contributed by atoms with Crippen molar-refractivity contribution in [1.29, 1.82) is 0 Å². The number of rotatable bonds is 8. The fourth-order valence-electron chi connectivity index (χ4n) is 15.4. The van der Waals surface area contributed by atoms with Crippen LogP contribution < -0.4 is 30.9 Å². The molecule has 14 aromatic carbocycles. The van der Waals surface area contributed by atoms with E-state index in [4.69, 9.17) is 10.2 Å². The van der Waals surface area contributed by atoms with E-state index >= 15 is 0 Å². The van der Waals surface area contributed by atoms with Gasteiger partial charge in [-0.1, -0.05) is 238 Å². The number of hydrogen-bond donors (Lipinski definition) is 0. The van der Waals surface area contributed by atoms with E-state index in [2.05, 4.69) is 277 Å². The van der Waals surface area contributed by atoms with Crippen molar-refractivity contribution in [2.45, 2.75) is 19.3 Å². The number of ether oxygens (including phenoxy) is 1. The Morgan fingerprint density at radius 3 is 1.56 bits per heavy atom. The molecule has 0 fully saturated rings. The van der Waals surface area contributed by atoms with Crippen LogP contribution >= 0.6 is 0 Å². The Bertz CT molecular complexity index is 6030. The zero-order valence-electron chi connectivity index (χ0n) is 58.8. The highest BCUT2D eigenvalue weighted by Crippen LogP contribution is 2.55. The van der Waals surface area contributed by atoms with E-state index < -0.39 is 48.4 Å². The minimum atomic E-state index is -0.502. The summed E-state index contributed by atoms with van der Waals surface area (Å²) in [5.74, 6) is 1.36. The van der Waals surface area contributed by atoms with Gasteiger partial charge in [-0.05, 0) is 158 Å². The lowest BCUT2D eigenvalue weighted by Gasteiger charge is -2.43. The molecular formula is C87H59BN4O. The van der Waals surface area contributed by atoms with Crippen molar-refractivity contribution < 1.29 is 15.7 Å². The minimum absolute atomic E-state index is 0.00658. The SMILES string of the molecule is [2H]c1c([2H])c([2H])c2c(c1[2H])c1c([2H])c([2H])c([2H])c([2H])c1n2-c1ccc2c(c1)N(c1c(-c3ccccc3)cccc1-c1ccccc1)c1cc(-c3ccc4c(c3)C(C)(C)c3ccccc3N4c3ccccc3)cc3c1B2c1ccc(-c2ccc(-n4c5ccccc5c5ccccc54)cc2)cc1O3. The van der Waals surface area contributed by atoms with E-state index in [9.17, 15) is 5.48 Å². The van der Waals surface area contributed by atoms with Crippen molar-refractivity contribution >= 4 is 101 Å². The number of benzene rings is 14. The summed E-state index contributed by atoms with van der Waals surface area (Å²) in [5, 5.41) is 2.40. The molecule has 436 valence electrons. The topological polar surface area (TPSA) is 25.6 Å². The number of hydrogen-bond acceptors (Lipinski definition) is 3. The summed E-state index contributed by atoms with van der Waals surface area (Å²) < 4.78 is 86.0. The molecule has 3 aliphatic rings. The second-order valence-corrected chi connectivity index (χ2v) is 25.0. The molecule has 0 radical (unpaired) electrons. The molecule has 0 aliphatic carbocycles. The highest BCUT2D eigenvalue weighted by molar-refractivity contribution is 6.99. The Hall–Kier alpha value is -11.9. The summed E-state index contributed by atoms with van der Waals surface area (Å²) in [7, 11) is 0. The summed E-state index contributed by atoms with van der Waals surface area (Å²) >= 11 is 0. The fraction of sp³-hybridized carbons (Fsp3) is 0.0345. The summed E-state index contributed by atoms with van der Waals surface area (Å²) in [6.45, 7) is 4.16. The molecular weight excluding hydrogens is 1130 g/mol. The van der Waals surface area contributed by atoms with Crippen molar-refractivity contribution in [3.8, 4) is 67.4 Å². The first kappa shape index (κ1) is 45.4. The lowest BCUT2D eigenvalue weighted by atomic mass is 9.34. The molecule has 16 aromatic rings. The van der Waals surface area contributed by atoms with Crippen LogP contribution in [-0.4, -0.2) is 15.8 Å². The lowest BCUT2D eigenvalue weighted by Crippen LogP contribution is -2.59. The lowest BCUT2D eigenvalue weighted by molar-refractivity contribution is 0.488. The predicted molar refractivity (Wildman–Crippen MR) is 390 cm³/mol. The number of para-hydroxylation sites is 7. The summed E-state index contributed by atoms with van der Waals surface area (Å²) in [5.41, 5.74) is 21.9. The van der Waals surface area contributed by atoms with E-state index in [1.807, 2.05) is 24.3 Å². The Morgan fingerprint density at radius 2 is 0.871 bits per heavy atom.